The number of likely N-dealkylation sites (N-methyl/N-ethyl adjacent to an activating group) is 1. The van der Waals surface area contributed by atoms with E-state index in [4.69, 9.17) is 18.9 Å². The average Bonchev–Trinajstić information content (AvgIpc) is 2.53. The van der Waals surface area contributed by atoms with E-state index in [0.29, 0.717) is 33.0 Å². The molecule has 120 valence electrons. The molecule has 0 fully saturated rings. The highest BCUT2D eigenvalue weighted by Gasteiger charge is 2.09. The van der Waals surface area contributed by atoms with Crippen LogP contribution in [0, 0.1) is 0 Å². The van der Waals surface area contributed by atoms with Crippen LogP contribution in [0.2, 0.25) is 0 Å². The molecule has 5 nitrogen and oxygen atoms in total. The normalized spacial score (nSPS) is 12.3. The molecule has 0 radical (unpaired) electrons. The maximum absolute atomic E-state index is 5.71. The lowest BCUT2D eigenvalue weighted by molar-refractivity contribution is 0.0478. The molecule has 0 aliphatic carbocycles. The molecule has 5 heteroatoms. The van der Waals surface area contributed by atoms with Gasteiger partial charge in [0.2, 0.25) is 0 Å². The summed E-state index contributed by atoms with van der Waals surface area (Å²) in [6.45, 7) is 3.29. The zero-order valence-electron chi connectivity index (χ0n) is 13.3. The van der Waals surface area contributed by atoms with Crippen molar-refractivity contribution >= 4 is 0 Å². The minimum absolute atomic E-state index is 0.162. The minimum atomic E-state index is 0.162. The van der Waals surface area contributed by atoms with E-state index in [1.807, 2.05) is 25.2 Å². The molecular weight excluding hydrogens is 270 g/mol. The van der Waals surface area contributed by atoms with Crippen LogP contribution in [0.4, 0.5) is 0 Å². The van der Waals surface area contributed by atoms with Crippen molar-refractivity contribution in [3.05, 3.63) is 29.8 Å². The zero-order valence-corrected chi connectivity index (χ0v) is 13.3. The second-order valence-corrected chi connectivity index (χ2v) is 4.65. The Bertz CT molecular complexity index is 373. The smallest absolute Gasteiger partial charge is 0.119 e. The highest BCUT2D eigenvalue weighted by molar-refractivity contribution is 5.30. The van der Waals surface area contributed by atoms with Crippen molar-refractivity contribution in [3.63, 3.8) is 0 Å². The van der Waals surface area contributed by atoms with Crippen molar-refractivity contribution in [2.45, 2.75) is 12.5 Å². The van der Waals surface area contributed by atoms with Crippen molar-refractivity contribution in [2.75, 3.05) is 54.3 Å². The third-order valence-electron chi connectivity index (χ3n) is 3.14. The van der Waals surface area contributed by atoms with Crippen LogP contribution in [0.25, 0.3) is 0 Å². The summed E-state index contributed by atoms with van der Waals surface area (Å²) in [4.78, 5) is 0. The predicted molar refractivity (Wildman–Crippen MR) is 82.9 cm³/mol. The van der Waals surface area contributed by atoms with E-state index in [9.17, 15) is 0 Å². The van der Waals surface area contributed by atoms with Crippen LogP contribution in [0.5, 0.6) is 5.75 Å². The molecule has 0 heterocycles. The molecule has 1 N–H and O–H groups in total. The number of hydrogen-bond acceptors (Lipinski definition) is 5. The molecule has 1 atom stereocenters. The molecular formula is C16H27NO4. The van der Waals surface area contributed by atoms with Crippen molar-refractivity contribution in [2.24, 2.45) is 0 Å². The van der Waals surface area contributed by atoms with Crippen LogP contribution in [0.3, 0.4) is 0 Å². The predicted octanol–water partition coefficient (Wildman–Crippen LogP) is 2.03. The van der Waals surface area contributed by atoms with Gasteiger partial charge in [0.1, 0.15) is 5.75 Å². The lowest BCUT2D eigenvalue weighted by atomic mass is 10.1. The Hall–Kier alpha value is -1.14. The Labute approximate surface area is 127 Å². The third kappa shape index (κ3) is 7.43. The molecule has 0 saturated carbocycles. The Morgan fingerprint density at radius 2 is 1.86 bits per heavy atom. The van der Waals surface area contributed by atoms with Gasteiger partial charge in [0, 0.05) is 20.3 Å². The fourth-order valence-electron chi connectivity index (χ4n) is 1.91. The van der Waals surface area contributed by atoms with E-state index in [1.54, 1.807) is 14.2 Å². The maximum atomic E-state index is 5.71. The van der Waals surface area contributed by atoms with Gasteiger partial charge in [-0.1, -0.05) is 12.1 Å². The van der Waals surface area contributed by atoms with Crippen LogP contribution >= 0.6 is 0 Å². The summed E-state index contributed by atoms with van der Waals surface area (Å²) >= 11 is 0. The Kier molecular flexibility index (Phi) is 9.82. The summed E-state index contributed by atoms with van der Waals surface area (Å²) in [6.07, 6.45) is 0.887. The number of benzene rings is 1. The lowest BCUT2D eigenvalue weighted by Gasteiger charge is -2.17. The summed E-state index contributed by atoms with van der Waals surface area (Å²) in [5.74, 6) is 0.860. The van der Waals surface area contributed by atoms with Gasteiger partial charge in [-0.05, 0) is 31.2 Å². The van der Waals surface area contributed by atoms with E-state index < -0.39 is 0 Å². The van der Waals surface area contributed by atoms with E-state index in [0.717, 1.165) is 17.7 Å². The lowest BCUT2D eigenvalue weighted by Crippen LogP contribution is -2.22. The first-order valence-corrected chi connectivity index (χ1v) is 7.27. The first kappa shape index (κ1) is 17.9. The molecule has 0 spiro atoms. The average molecular weight is 297 g/mol. The maximum Gasteiger partial charge on any atom is 0.119 e. The van der Waals surface area contributed by atoms with Crippen LogP contribution in [-0.4, -0.2) is 54.3 Å². The molecule has 0 aliphatic heterocycles. The van der Waals surface area contributed by atoms with E-state index in [2.05, 4.69) is 11.4 Å². The van der Waals surface area contributed by atoms with Crippen LogP contribution in [0.1, 0.15) is 18.0 Å². The molecule has 1 aromatic rings. The second kappa shape index (κ2) is 11.5. The first-order valence-electron chi connectivity index (χ1n) is 7.27. The molecule has 1 aromatic carbocycles. The molecule has 0 aliphatic rings. The Balaban J connectivity index is 2.22. The quantitative estimate of drug-likeness (QED) is 0.598. The van der Waals surface area contributed by atoms with Gasteiger partial charge >= 0.3 is 0 Å². The van der Waals surface area contributed by atoms with Gasteiger partial charge in [-0.3, -0.25) is 0 Å². The van der Waals surface area contributed by atoms with Gasteiger partial charge in [0.05, 0.1) is 33.0 Å². The highest BCUT2D eigenvalue weighted by atomic mass is 16.5. The SMILES string of the molecule is CNC(COCCCOCCOC)c1cccc(OC)c1. The van der Waals surface area contributed by atoms with Gasteiger partial charge in [-0.2, -0.15) is 0 Å². The fraction of sp³-hybridized carbons (Fsp3) is 0.625. The summed E-state index contributed by atoms with van der Waals surface area (Å²) < 4.78 is 21.2. The van der Waals surface area contributed by atoms with E-state index >= 15 is 0 Å². The largest absolute Gasteiger partial charge is 0.497 e. The van der Waals surface area contributed by atoms with Gasteiger partial charge < -0.3 is 24.3 Å². The molecule has 0 aromatic heterocycles. The Morgan fingerprint density at radius 1 is 1.05 bits per heavy atom. The monoisotopic (exact) mass is 297 g/mol. The van der Waals surface area contributed by atoms with Crippen molar-refractivity contribution < 1.29 is 18.9 Å². The Morgan fingerprint density at radius 3 is 2.57 bits per heavy atom. The molecule has 0 amide bonds. The highest BCUT2D eigenvalue weighted by Crippen LogP contribution is 2.19. The number of hydrogen-bond donors (Lipinski definition) is 1. The zero-order chi connectivity index (χ0) is 15.3. The fourth-order valence-corrected chi connectivity index (χ4v) is 1.91. The summed E-state index contributed by atoms with van der Waals surface area (Å²) in [6, 6.07) is 8.19. The van der Waals surface area contributed by atoms with Gasteiger partial charge in [0.15, 0.2) is 0 Å². The standard InChI is InChI=1S/C16H27NO4/c1-17-16(14-6-4-7-15(12-14)19-3)13-21-9-5-8-20-11-10-18-2/h4,6-7,12,16-17H,5,8-11,13H2,1-3H3. The molecule has 1 rings (SSSR count). The van der Waals surface area contributed by atoms with Crippen LogP contribution < -0.4 is 10.1 Å². The van der Waals surface area contributed by atoms with Crippen molar-refractivity contribution in [1.29, 1.82) is 0 Å². The van der Waals surface area contributed by atoms with E-state index in [1.165, 1.54) is 0 Å². The van der Waals surface area contributed by atoms with Crippen LogP contribution in [-0.2, 0) is 14.2 Å². The molecule has 0 bridgehead atoms. The number of rotatable bonds is 12. The second-order valence-electron chi connectivity index (χ2n) is 4.65. The number of ether oxygens (including phenoxy) is 4. The summed E-state index contributed by atoms with van der Waals surface area (Å²) in [5, 5.41) is 3.26. The summed E-state index contributed by atoms with van der Waals surface area (Å²) in [7, 11) is 5.28. The van der Waals surface area contributed by atoms with Gasteiger partial charge in [-0.15, -0.1) is 0 Å². The number of methoxy groups -OCH3 is 2. The topological polar surface area (TPSA) is 49.0 Å². The van der Waals surface area contributed by atoms with Crippen molar-refractivity contribution in [1.82, 2.24) is 5.32 Å². The molecule has 1 unspecified atom stereocenters. The molecule has 21 heavy (non-hydrogen) atoms. The van der Waals surface area contributed by atoms with Crippen molar-refractivity contribution in [3.8, 4) is 5.75 Å². The number of nitrogens with one attached hydrogen (secondary N) is 1. The third-order valence-corrected chi connectivity index (χ3v) is 3.14. The van der Waals surface area contributed by atoms with Crippen LogP contribution in [0.15, 0.2) is 24.3 Å². The minimum Gasteiger partial charge on any atom is -0.497 e. The van der Waals surface area contributed by atoms with Gasteiger partial charge in [-0.25, -0.2) is 0 Å². The van der Waals surface area contributed by atoms with E-state index in [-0.39, 0.29) is 6.04 Å². The van der Waals surface area contributed by atoms with Gasteiger partial charge in [0.25, 0.3) is 0 Å². The first-order chi connectivity index (χ1) is 10.3. The molecule has 0 saturated heterocycles. The summed E-state index contributed by atoms with van der Waals surface area (Å²) in [5.41, 5.74) is 1.16.